The van der Waals surface area contributed by atoms with Crippen molar-refractivity contribution >= 4 is 31.5 Å². The zero-order chi connectivity index (χ0) is 16.4. The van der Waals surface area contributed by atoms with E-state index in [-0.39, 0.29) is 6.04 Å². The van der Waals surface area contributed by atoms with E-state index in [1.165, 1.54) is 36.9 Å². The minimum absolute atomic E-state index is 0.270. The number of hydrogen-bond donors (Lipinski definition) is 1. The third kappa shape index (κ3) is 2.60. The van der Waals surface area contributed by atoms with Crippen LogP contribution in [0.5, 0.6) is 0 Å². The van der Waals surface area contributed by atoms with Crippen LogP contribution >= 0.6 is 11.3 Å². The minimum atomic E-state index is 0.270. The summed E-state index contributed by atoms with van der Waals surface area (Å²) in [6.07, 6.45) is 8.43. The highest BCUT2D eigenvalue weighted by Crippen LogP contribution is 2.41. The molecule has 0 saturated carbocycles. The van der Waals surface area contributed by atoms with Gasteiger partial charge in [0.25, 0.3) is 0 Å². The van der Waals surface area contributed by atoms with Crippen molar-refractivity contribution in [2.75, 3.05) is 0 Å². The fourth-order valence-corrected chi connectivity index (χ4v) is 4.54. The first-order chi connectivity index (χ1) is 11.3. The van der Waals surface area contributed by atoms with E-state index in [1.54, 1.807) is 0 Å². The zero-order valence-corrected chi connectivity index (χ0v) is 14.4. The Hall–Kier alpha value is -2.32. The predicted molar refractivity (Wildman–Crippen MR) is 104 cm³/mol. The van der Waals surface area contributed by atoms with Gasteiger partial charge >= 0.3 is 0 Å². The SMILES string of the molecule is C=C.Cc1ccc2c(sc3c(C)cccc32)c1C1C=CC=CN1. The molecule has 2 aromatic carbocycles. The van der Waals surface area contributed by atoms with Gasteiger partial charge < -0.3 is 5.32 Å². The molecule has 0 aliphatic carbocycles. The predicted octanol–water partition coefficient (Wildman–Crippen LogP) is 6.19. The monoisotopic (exact) mass is 319 g/mol. The van der Waals surface area contributed by atoms with Crippen molar-refractivity contribution in [3.63, 3.8) is 0 Å². The second-order valence-electron chi connectivity index (χ2n) is 5.61. The molecule has 0 saturated heterocycles. The molecule has 0 amide bonds. The lowest BCUT2D eigenvalue weighted by Crippen LogP contribution is -2.16. The Kier molecular flexibility index (Phi) is 4.35. The summed E-state index contributed by atoms with van der Waals surface area (Å²) in [6, 6.07) is 11.4. The molecule has 23 heavy (non-hydrogen) atoms. The summed E-state index contributed by atoms with van der Waals surface area (Å²) in [7, 11) is 0. The normalized spacial score (nSPS) is 16.2. The van der Waals surface area contributed by atoms with Crippen LogP contribution in [0.4, 0.5) is 0 Å². The van der Waals surface area contributed by atoms with Crippen LogP contribution in [0.3, 0.4) is 0 Å². The van der Waals surface area contributed by atoms with E-state index in [2.05, 4.69) is 74.8 Å². The average Bonchev–Trinajstić information content (AvgIpc) is 2.97. The van der Waals surface area contributed by atoms with Gasteiger partial charge in [-0.25, -0.2) is 0 Å². The molecule has 116 valence electrons. The Morgan fingerprint density at radius 1 is 0.913 bits per heavy atom. The van der Waals surface area contributed by atoms with Gasteiger partial charge in [-0.05, 0) is 42.8 Å². The van der Waals surface area contributed by atoms with E-state index in [0.717, 1.165) is 0 Å². The molecule has 0 bridgehead atoms. The molecule has 1 aromatic heterocycles. The number of dihydropyridines is 1. The minimum Gasteiger partial charge on any atom is -0.381 e. The van der Waals surface area contributed by atoms with Crippen LogP contribution in [0, 0.1) is 13.8 Å². The quantitative estimate of drug-likeness (QED) is 0.527. The summed E-state index contributed by atoms with van der Waals surface area (Å²) in [6.45, 7) is 10.4. The van der Waals surface area contributed by atoms with Crippen molar-refractivity contribution < 1.29 is 0 Å². The maximum Gasteiger partial charge on any atom is 0.0712 e. The standard InChI is InChI=1S/C19H17NS.C2H4/c1-12-9-10-15-14-7-5-6-13(2)18(14)21-19(15)17(12)16-8-3-4-11-20-16;1-2/h3-11,16,20H,1-2H3;1-2H2. The fourth-order valence-electron chi connectivity index (χ4n) is 3.13. The second-order valence-corrected chi connectivity index (χ2v) is 6.64. The lowest BCUT2D eigenvalue weighted by molar-refractivity contribution is 0.748. The molecule has 1 N–H and O–H groups in total. The zero-order valence-electron chi connectivity index (χ0n) is 13.6. The number of benzene rings is 2. The summed E-state index contributed by atoms with van der Waals surface area (Å²) >= 11 is 1.92. The second kappa shape index (κ2) is 6.43. The molecule has 4 rings (SSSR count). The van der Waals surface area contributed by atoms with E-state index in [9.17, 15) is 0 Å². The van der Waals surface area contributed by atoms with Crippen LogP contribution in [0.15, 0.2) is 67.9 Å². The highest BCUT2D eigenvalue weighted by atomic mass is 32.1. The van der Waals surface area contributed by atoms with Gasteiger partial charge in [-0.1, -0.05) is 42.5 Å². The third-order valence-electron chi connectivity index (χ3n) is 4.22. The molecule has 1 nitrogen and oxygen atoms in total. The van der Waals surface area contributed by atoms with Crippen molar-refractivity contribution in [3.05, 3.63) is 84.6 Å². The molecule has 1 atom stereocenters. The van der Waals surface area contributed by atoms with E-state index >= 15 is 0 Å². The number of nitrogens with one attached hydrogen (secondary N) is 1. The molecule has 1 unspecified atom stereocenters. The van der Waals surface area contributed by atoms with Crippen molar-refractivity contribution in [3.8, 4) is 0 Å². The third-order valence-corrected chi connectivity index (χ3v) is 5.61. The summed E-state index contributed by atoms with van der Waals surface area (Å²) in [5.74, 6) is 0. The van der Waals surface area contributed by atoms with Crippen LogP contribution in [-0.2, 0) is 0 Å². The molecule has 2 heterocycles. The first-order valence-electron chi connectivity index (χ1n) is 7.76. The van der Waals surface area contributed by atoms with Crippen molar-refractivity contribution in [2.45, 2.75) is 19.9 Å². The number of aryl methyl sites for hydroxylation is 2. The van der Waals surface area contributed by atoms with E-state index < -0.39 is 0 Å². The van der Waals surface area contributed by atoms with Crippen LogP contribution in [0.1, 0.15) is 22.7 Å². The number of hydrogen-bond acceptors (Lipinski definition) is 2. The molecule has 0 spiro atoms. The van der Waals surface area contributed by atoms with E-state index in [1.807, 2.05) is 23.6 Å². The lowest BCUT2D eigenvalue weighted by Gasteiger charge is -2.19. The summed E-state index contributed by atoms with van der Waals surface area (Å²) in [5, 5.41) is 6.23. The maximum absolute atomic E-state index is 3.47. The number of fused-ring (bicyclic) bond motifs is 3. The fraction of sp³-hybridized carbons (Fsp3) is 0.143. The highest BCUT2D eigenvalue weighted by Gasteiger charge is 2.17. The molecular formula is C21H21NS. The Labute approximate surface area is 141 Å². The van der Waals surface area contributed by atoms with Crippen LogP contribution in [0.2, 0.25) is 0 Å². The first-order valence-corrected chi connectivity index (χ1v) is 8.58. The van der Waals surface area contributed by atoms with Crippen LogP contribution in [0.25, 0.3) is 20.2 Å². The average molecular weight is 319 g/mol. The topological polar surface area (TPSA) is 12.0 Å². The number of thiophene rings is 1. The molecular weight excluding hydrogens is 298 g/mol. The van der Waals surface area contributed by atoms with Crippen LogP contribution < -0.4 is 5.32 Å². The van der Waals surface area contributed by atoms with Crippen LogP contribution in [-0.4, -0.2) is 0 Å². The Balaban J connectivity index is 0.000000753. The highest BCUT2D eigenvalue weighted by molar-refractivity contribution is 7.26. The first kappa shape index (κ1) is 15.6. The van der Waals surface area contributed by atoms with Crippen molar-refractivity contribution in [1.82, 2.24) is 5.32 Å². The molecule has 1 aliphatic rings. The molecule has 0 fully saturated rings. The Bertz CT molecular complexity index is 914. The number of rotatable bonds is 1. The van der Waals surface area contributed by atoms with Gasteiger partial charge in [-0.3, -0.25) is 0 Å². The molecule has 3 aromatic rings. The summed E-state index contributed by atoms with van der Waals surface area (Å²) in [4.78, 5) is 0. The smallest absolute Gasteiger partial charge is 0.0712 e. The Morgan fingerprint density at radius 2 is 1.70 bits per heavy atom. The van der Waals surface area contributed by atoms with Gasteiger partial charge in [0.15, 0.2) is 0 Å². The molecule has 2 heteroatoms. The van der Waals surface area contributed by atoms with Gasteiger partial charge in [-0.2, -0.15) is 0 Å². The molecule has 0 radical (unpaired) electrons. The van der Waals surface area contributed by atoms with Crippen molar-refractivity contribution in [1.29, 1.82) is 0 Å². The number of allylic oxidation sites excluding steroid dienone is 2. The van der Waals surface area contributed by atoms with Gasteiger partial charge in [0.05, 0.1) is 6.04 Å². The lowest BCUT2D eigenvalue weighted by atomic mass is 9.97. The summed E-state index contributed by atoms with van der Waals surface area (Å²) < 4.78 is 2.83. The van der Waals surface area contributed by atoms with Crippen molar-refractivity contribution in [2.24, 2.45) is 0 Å². The van der Waals surface area contributed by atoms with E-state index in [0.29, 0.717) is 0 Å². The Morgan fingerprint density at radius 3 is 2.43 bits per heavy atom. The van der Waals surface area contributed by atoms with Gasteiger partial charge in [0.2, 0.25) is 0 Å². The largest absolute Gasteiger partial charge is 0.381 e. The summed E-state index contributed by atoms with van der Waals surface area (Å²) in [5.41, 5.74) is 4.13. The van der Waals surface area contributed by atoms with Gasteiger partial charge in [0.1, 0.15) is 0 Å². The molecule has 1 aliphatic heterocycles. The maximum atomic E-state index is 3.47. The van der Waals surface area contributed by atoms with E-state index in [4.69, 9.17) is 0 Å². The van der Waals surface area contributed by atoms with Gasteiger partial charge in [-0.15, -0.1) is 24.5 Å². The van der Waals surface area contributed by atoms with Gasteiger partial charge in [0, 0.05) is 20.2 Å².